The van der Waals surface area contributed by atoms with Crippen LogP contribution in [0.4, 0.5) is 0 Å². The summed E-state index contributed by atoms with van der Waals surface area (Å²) in [4.78, 5) is 8.54. The lowest BCUT2D eigenvalue weighted by atomic mass is 10.2. The van der Waals surface area contributed by atoms with Crippen molar-refractivity contribution in [2.24, 2.45) is 4.99 Å². The summed E-state index contributed by atoms with van der Waals surface area (Å²) in [6, 6.07) is 16.4. The first-order chi connectivity index (χ1) is 12.4. The lowest BCUT2D eigenvalue weighted by Crippen LogP contribution is -2.39. The molecule has 2 N–H and O–H groups in total. The van der Waals surface area contributed by atoms with E-state index in [1.807, 2.05) is 30.5 Å². The van der Waals surface area contributed by atoms with Gasteiger partial charge in [0, 0.05) is 45.1 Å². The lowest BCUT2D eigenvalue weighted by molar-refractivity contribution is 0.135. The van der Waals surface area contributed by atoms with Gasteiger partial charge in [0.25, 0.3) is 0 Å². The number of nitrogens with zero attached hydrogens (tertiary/aromatic N) is 2. The van der Waals surface area contributed by atoms with Crippen LogP contribution in [-0.2, 0) is 17.6 Å². The van der Waals surface area contributed by atoms with Crippen molar-refractivity contribution in [2.75, 3.05) is 33.4 Å². The van der Waals surface area contributed by atoms with Gasteiger partial charge in [-0.3, -0.25) is 9.98 Å². The summed E-state index contributed by atoms with van der Waals surface area (Å²) in [5.74, 6) is 0.820. The molecule has 5 heteroatoms. The number of hydrogen-bond acceptors (Lipinski definition) is 3. The number of aliphatic imine (C=N–C) groups is 1. The monoisotopic (exact) mass is 340 g/mol. The molecule has 1 aromatic carbocycles. The van der Waals surface area contributed by atoms with Crippen LogP contribution in [0.1, 0.15) is 17.7 Å². The van der Waals surface area contributed by atoms with Crippen molar-refractivity contribution < 1.29 is 4.74 Å². The van der Waals surface area contributed by atoms with Gasteiger partial charge in [-0.25, -0.2) is 0 Å². The maximum absolute atomic E-state index is 5.68. The SMILES string of the molecule is CN=C(NCCCOCCc1ccccc1)NCCc1ccccn1. The molecule has 5 nitrogen and oxygen atoms in total. The minimum Gasteiger partial charge on any atom is -0.381 e. The number of rotatable bonds is 10. The zero-order valence-corrected chi connectivity index (χ0v) is 14.9. The molecule has 0 amide bonds. The van der Waals surface area contributed by atoms with E-state index in [1.165, 1.54) is 5.56 Å². The van der Waals surface area contributed by atoms with Crippen LogP contribution in [0.5, 0.6) is 0 Å². The third-order valence-electron chi connectivity index (χ3n) is 3.76. The second kappa shape index (κ2) is 12.0. The van der Waals surface area contributed by atoms with Crippen molar-refractivity contribution in [3.8, 4) is 0 Å². The van der Waals surface area contributed by atoms with Crippen LogP contribution in [0.15, 0.2) is 59.7 Å². The Morgan fingerprint density at radius 2 is 1.76 bits per heavy atom. The predicted molar refractivity (Wildman–Crippen MR) is 103 cm³/mol. The molecule has 0 bridgehead atoms. The number of pyridine rings is 1. The molecule has 2 aromatic rings. The quantitative estimate of drug-likeness (QED) is 0.396. The highest BCUT2D eigenvalue weighted by Crippen LogP contribution is 1.99. The summed E-state index contributed by atoms with van der Waals surface area (Å²) in [6.07, 6.45) is 4.62. The van der Waals surface area contributed by atoms with Crippen molar-refractivity contribution in [3.63, 3.8) is 0 Å². The van der Waals surface area contributed by atoms with Gasteiger partial charge in [0.2, 0.25) is 0 Å². The van der Waals surface area contributed by atoms with Crippen LogP contribution < -0.4 is 10.6 Å². The molecular weight excluding hydrogens is 312 g/mol. The van der Waals surface area contributed by atoms with Gasteiger partial charge in [-0.05, 0) is 30.5 Å². The maximum atomic E-state index is 5.68. The second-order valence-electron chi connectivity index (χ2n) is 5.70. The number of hydrogen-bond donors (Lipinski definition) is 2. The molecule has 134 valence electrons. The molecule has 0 spiro atoms. The van der Waals surface area contributed by atoms with Gasteiger partial charge < -0.3 is 15.4 Å². The Labute approximate surface area is 150 Å². The first kappa shape index (κ1) is 18.9. The second-order valence-corrected chi connectivity index (χ2v) is 5.70. The topological polar surface area (TPSA) is 58.5 Å². The van der Waals surface area contributed by atoms with E-state index >= 15 is 0 Å². The van der Waals surface area contributed by atoms with Crippen molar-refractivity contribution in [1.82, 2.24) is 15.6 Å². The van der Waals surface area contributed by atoms with Crippen LogP contribution in [0, 0.1) is 0 Å². The summed E-state index contributed by atoms with van der Waals surface area (Å²) < 4.78 is 5.68. The molecule has 0 unspecified atom stereocenters. The van der Waals surface area contributed by atoms with Crippen LogP contribution in [-0.4, -0.2) is 44.3 Å². The fourth-order valence-corrected chi connectivity index (χ4v) is 2.39. The highest BCUT2D eigenvalue weighted by molar-refractivity contribution is 5.79. The first-order valence-electron chi connectivity index (χ1n) is 8.84. The smallest absolute Gasteiger partial charge is 0.190 e. The fourth-order valence-electron chi connectivity index (χ4n) is 2.39. The number of nitrogens with one attached hydrogen (secondary N) is 2. The third kappa shape index (κ3) is 8.31. The number of ether oxygens (including phenoxy) is 1. The molecule has 1 aromatic heterocycles. The Balaban J connectivity index is 1.48. The van der Waals surface area contributed by atoms with E-state index in [4.69, 9.17) is 4.74 Å². The Kier molecular flexibility index (Phi) is 9.11. The Bertz CT molecular complexity index is 602. The summed E-state index contributed by atoms with van der Waals surface area (Å²) >= 11 is 0. The number of guanidine groups is 1. The van der Waals surface area contributed by atoms with E-state index in [0.717, 1.165) is 57.2 Å². The molecule has 0 aliphatic heterocycles. The van der Waals surface area contributed by atoms with Gasteiger partial charge in [0.05, 0.1) is 6.61 Å². The van der Waals surface area contributed by atoms with E-state index in [1.54, 1.807) is 7.05 Å². The zero-order valence-electron chi connectivity index (χ0n) is 14.9. The van der Waals surface area contributed by atoms with Crippen molar-refractivity contribution in [2.45, 2.75) is 19.3 Å². The van der Waals surface area contributed by atoms with Gasteiger partial charge >= 0.3 is 0 Å². The van der Waals surface area contributed by atoms with Gasteiger partial charge in [0.15, 0.2) is 5.96 Å². The van der Waals surface area contributed by atoms with Crippen molar-refractivity contribution in [1.29, 1.82) is 0 Å². The maximum Gasteiger partial charge on any atom is 0.190 e. The minimum absolute atomic E-state index is 0.755. The summed E-state index contributed by atoms with van der Waals surface area (Å²) in [5.41, 5.74) is 2.40. The molecular formula is C20H28N4O. The molecule has 0 aliphatic carbocycles. The molecule has 0 atom stereocenters. The van der Waals surface area contributed by atoms with Crippen LogP contribution >= 0.6 is 0 Å². The van der Waals surface area contributed by atoms with E-state index in [-0.39, 0.29) is 0 Å². The van der Waals surface area contributed by atoms with Gasteiger partial charge in [-0.2, -0.15) is 0 Å². The Morgan fingerprint density at radius 1 is 0.960 bits per heavy atom. The molecule has 25 heavy (non-hydrogen) atoms. The van der Waals surface area contributed by atoms with E-state index in [2.05, 4.69) is 44.9 Å². The number of benzene rings is 1. The van der Waals surface area contributed by atoms with Crippen molar-refractivity contribution in [3.05, 3.63) is 66.0 Å². The first-order valence-corrected chi connectivity index (χ1v) is 8.84. The molecule has 2 rings (SSSR count). The lowest BCUT2D eigenvalue weighted by Gasteiger charge is -2.11. The molecule has 0 saturated heterocycles. The average molecular weight is 340 g/mol. The largest absolute Gasteiger partial charge is 0.381 e. The standard InChI is InChI=1S/C20H28N4O/c1-21-20(24-15-11-19-10-5-6-13-22-19)23-14-7-16-25-17-12-18-8-3-2-4-9-18/h2-6,8-10,13H,7,11-12,14-17H2,1H3,(H2,21,23,24). The van der Waals surface area contributed by atoms with E-state index < -0.39 is 0 Å². The Hall–Kier alpha value is -2.40. The predicted octanol–water partition coefficient (Wildman–Crippen LogP) is 2.44. The van der Waals surface area contributed by atoms with E-state index in [0.29, 0.717) is 0 Å². The summed E-state index contributed by atoms with van der Waals surface area (Å²) in [6.45, 7) is 3.17. The molecule has 0 saturated carbocycles. The normalized spacial score (nSPS) is 11.3. The van der Waals surface area contributed by atoms with Gasteiger partial charge in [-0.1, -0.05) is 36.4 Å². The molecule has 0 aliphatic rings. The molecule has 0 radical (unpaired) electrons. The summed E-state index contributed by atoms with van der Waals surface area (Å²) in [5, 5.41) is 6.60. The van der Waals surface area contributed by atoms with Crippen LogP contribution in [0.3, 0.4) is 0 Å². The average Bonchev–Trinajstić information content (AvgIpc) is 2.67. The highest BCUT2D eigenvalue weighted by Gasteiger charge is 1.98. The van der Waals surface area contributed by atoms with Crippen LogP contribution in [0.2, 0.25) is 0 Å². The summed E-state index contributed by atoms with van der Waals surface area (Å²) in [7, 11) is 1.78. The van der Waals surface area contributed by atoms with Gasteiger partial charge in [0.1, 0.15) is 0 Å². The highest BCUT2D eigenvalue weighted by atomic mass is 16.5. The van der Waals surface area contributed by atoms with Crippen LogP contribution in [0.25, 0.3) is 0 Å². The fraction of sp³-hybridized carbons (Fsp3) is 0.400. The van der Waals surface area contributed by atoms with Gasteiger partial charge in [-0.15, -0.1) is 0 Å². The third-order valence-corrected chi connectivity index (χ3v) is 3.76. The minimum atomic E-state index is 0.755. The Morgan fingerprint density at radius 3 is 2.52 bits per heavy atom. The zero-order chi connectivity index (χ0) is 17.6. The van der Waals surface area contributed by atoms with E-state index in [9.17, 15) is 0 Å². The number of aromatic nitrogens is 1. The molecule has 0 fully saturated rings. The molecule has 1 heterocycles. The van der Waals surface area contributed by atoms with Crippen molar-refractivity contribution >= 4 is 5.96 Å².